The molecule has 0 unspecified atom stereocenters. The second kappa shape index (κ2) is 3.08. The molecule has 0 spiro atoms. The van der Waals surface area contributed by atoms with Gasteiger partial charge in [0.15, 0.2) is 0 Å². The molecular weight excluding hydrogens is 274 g/mol. The van der Waals surface area contributed by atoms with Crippen LogP contribution in [0.15, 0.2) is 15.2 Å². The standard InChI is InChI=1S/C11H12BrNOS/c1-13(4-7-5-15-6-9(7)12)10(14)11-2-8(11)3-11/h5-6,8H,2-4H2,1H3. The van der Waals surface area contributed by atoms with Gasteiger partial charge in [-0.3, -0.25) is 4.79 Å². The van der Waals surface area contributed by atoms with Crippen LogP contribution in [0.4, 0.5) is 0 Å². The van der Waals surface area contributed by atoms with Crippen LogP contribution in [0.25, 0.3) is 0 Å². The molecule has 80 valence electrons. The number of thiophene rings is 1. The lowest BCUT2D eigenvalue weighted by atomic mass is 10.2. The third-order valence-corrected chi connectivity index (χ3v) is 5.38. The van der Waals surface area contributed by atoms with Crippen molar-refractivity contribution in [3.63, 3.8) is 0 Å². The Morgan fingerprint density at radius 2 is 2.33 bits per heavy atom. The van der Waals surface area contributed by atoms with Gasteiger partial charge < -0.3 is 4.90 Å². The van der Waals surface area contributed by atoms with Crippen LogP contribution in [0.5, 0.6) is 0 Å². The molecule has 2 aliphatic rings. The molecule has 2 aliphatic carbocycles. The van der Waals surface area contributed by atoms with Gasteiger partial charge in [0.2, 0.25) is 5.91 Å². The molecule has 0 radical (unpaired) electrons. The summed E-state index contributed by atoms with van der Waals surface area (Å²) in [7, 11) is 1.91. The Morgan fingerprint density at radius 3 is 2.80 bits per heavy atom. The molecule has 0 saturated heterocycles. The average molecular weight is 286 g/mol. The summed E-state index contributed by atoms with van der Waals surface area (Å²) >= 11 is 5.16. The summed E-state index contributed by atoms with van der Waals surface area (Å²) in [5.41, 5.74) is 1.32. The van der Waals surface area contributed by atoms with Crippen molar-refractivity contribution in [1.82, 2.24) is 4.90 Å². The van der Waals surface area contributed by atoms with E-state index in [-0.39, 0.29) is 5.41 Å². The Labute approximate surface area is 101 Å². The number of nitrogens with zero attached hydrogens (tertiary/aromatic N) is 1. The Kier molecular flexibility index (Phi) is 2.02. The van der Waals surface area contributed by atoms with Crippen molar-refractivity contribution < 1.29 is 4.79 Å². The van der Waals surface area contributed by atoms with E-state index in [9.17, 15) is 4.79 Å². The summed E-state index contributed by atoms with van der Waals surface area (Å²) in [4.78, 5) is 13.9. The Bertz CT molecular complexity index is 422. The lowest BCUT2D eigenvalue weighted by molar-refractivity contribution is -0.133. The smallest absolute Gasteiger partial charge is 0.229 e. The molecule has 2 saturated carbocycles. The van der Waals surface area contributed by atoms with Crippen LogP contribution in [0.2, 0.25) is 0 Å². The minimum absolute atomic E-state index is 0.108. The van der Waals surface area contributed by atoms with E-state index in [1.807, 2.05) is 11.9 Å². The van der Waals surface area contributed by atoms with Crippen LogP contribution in [0, 0.1) is 11.3 Å². The zero-order chi connectivity index (χ0) is 10.6. The zero-order valence-electron chi connectivity index (χ0n) is 8.50. The lowest BCUT2D eigenvalue weighted by Gasteiger charge is -2.18. The minimum Gasteiger partial charge on any atom is -0.341 e. The first-order valence-electron chi connectivity index (χ1n) is 5.09. The number of hydrogen-bond acceptors (Lipinski definition) is 2. The van der Waals surface area contributed by atoms with Crippen molar-refractivity contribution in [2.24, 2.45) is 11.3 Å². The van der Waals surface area contributed by atoms with E-state index >= 15 is 0 Å². The molecular formula is C11H12BrNOS. The molecule has 15 heavy (non-hydrogen) atoms. The third-order valence-electron chi connectivity index (χ3n) is 3.55. The zero-order valence-corrected chi connectivity index (χ0v) is 10.9. The molecule has 2 nitrogen and oxygen atoms in total. The highest BCUT2D eigenvalue weighted by Crippen LogP contribution is 2.75. The van der Waals surface area contributed by atoms with Crippen molar-refractivity contribution in [2.75, 3.05) is 7.05 Å². The van der Waals surface area contributed by atoms with E-state index in [1.165, 1.54) is 5.56 Å². The molecule has 0 N–H and O–H groups in total. The highest BCUT2D eigenvalue weighted by Gasteiger charge is 2.75. The Balaban J connectivity index is 1.68. The molecule has 0 aromatic carbocycles. The summed E-state index contributed by atoms with van der Waals surface area (Å²) in [6, 6.07) is 0. The van der Waals surface area contributed by atoms with Gasteiger partial charge in [0.25, 0.3) is 0 Å². The summed E-state index contributed by atoms with van der Waals surface area (Å²) in [5, 5.41) is 4.16. The summed E-state index contributed by atoms with van der Waals surface area (Å²) < 4.78 is 1.12. The van der Waals surface area contributed by atoms with E-state index in [0.29, 0.717) is 5.91 Å². The van der Waals surface area contributed by atoms with Gasteiger partial charge in [0, 0.05) is 23.4 Å². The average Bonchev–Trinajstić information content (AvgIpc) is 2.99. The highest BCUT2D eigenvalue weighted by atomic mass is 79.9. The number of rotatable bonds is 3. The van der Waals surface area contributed by atoms with E-state index in [4.69, 9.17) is 0 Å². The van der Waals surface area contributed by atoms with Gasteiger partial charge in [-0.05, 0) is 45.6 Å². The van der Waals surface area contributed by atoms with Crippen molar-refractivity contribution in [2.45, 2.75) is 19.4 Å². The summed E-state index contributed by atoms with van der Waals surface area (Å²) in [5.74, 6) is 1.09. The first-order chi connectivity index (χ1) is 7.13. The first-order valence-corrected chi connectivity index (χ1v) is 6.83. The van der Waals surface area contributed by atoms with Crippen molar-refractivity contribution in [3.8, 4) is 0 Å². The number of amides is 1. The fourth-order valence-corrected chi connectivity index (χ4v) is 3.60. The number of hydrogen-bond donors (Lipinski definition) is 0. The van der Waals surface area contributed by atoms with Crippen LogP contribution in [-0.4, -0.2) is 17.9 Å². The molecule has 0 atom stereocenters. The monoisotopic (exact) mass is 285 g/mol. The summed E-state index contributed by atoms with van der Waals surface area (Å²) in [6.07, 6.45) is 2.28. The van der Waals surface area contributed by atoms with Crippen LogP contribution in [0.3, 0.4) is 0 Å². The first kappa shape index (κ1) is 9.85. The maximum Gasteiger partial charge on any atom is 0.229 e. The molecule has 3 rings (SSSR count). The second-order valence-electron chi connectivity index (χ2n) is 4.67. The second-order valence-corrected chi connectivity index (χ2v) is 6.27. The molecule has 1 heterocycles. The van der Waals surface area contributed by atoms with E-state index in [1.54, 1.807) is 11.3 Å². The topological polar surface area (TPSA) is 20.3 Å². The van der Waals surface area contributed by atoms with Crippen LogP contribution >= 0.6 is 27.3 Å². The molecule has 1 amide bonds. The Morgan fingerprint density at radius 1 is 1.67 bits per heavy atom. The SMILES string of the molecule is CN(Cc1cscc1Br)C(=O)C12CC1C2. The van der Waals surface area contributed by atoms with Crippen LogP contribution in [0.1, 0.15) is 18.4 Å². The van der Waals surface area contributed by atoms with Gasteiger partial charge in [-0.2, -0.15) is 11.3 Å². The van der Waals surface area contributed by atoms with Crippen LogP contribution < -0.4 is 0 Å². The van der Waals surface area contributed by atoms with Crippen molar-refractivity contribution in [1.29, 1.82) is 0 Å². The third kappa shape index (κ3) is 1.46. The van der Waals surface area contributed by atoms with Gasteiger partial charge in [0.1, 0.15) is 0 Å². The molecule has 1 aromatic heterocycles. The van der Waals surface area contributed by atoms with Gasteiger partial charge >= 0.3 is 0 Å². The quantitative estimate of drug-likeness (QED) is 0.836. The Hall–Kier alpha value is -0.350. The van der Waals surface area contributed by atoms with Gasteiger partial charge in [0.05, 0.1) is 5.41 Å². The number of carbonyl (C=O) groups excluding carboxylic acids is 1. The number of carbonyl (C=O) groups is 1. The predicted octanol–water partition coefficient (Wildman–Crippen LogP) is 2.88. The fraction of sp³-hybridized carbons (Fsp3) is 0.545. The lowest BCUT2D eigenvalue weighted by Crippen LogP contribution is -2.30. The molecule has 1 aromatic rings. The van der Waals surface area contributed by atoms with Gasteiger partial charge in [-0.1, -0.05) is 0 Å². The van der Waals surface area contributed by atoms with E-state index < -0.39 is 0 Å². The van der Waals surface area contributed by atoms with Crippen LogP contribution in [-0.2, 0) is 11.3 Å². The van der Waals surface area contributed by atoms with Crippen molar-refractivity contribution >= 4 is 33.2 Å². The predicted molar refractivity (Wildman–Crippen MR) is 63.7 cm³/mol. The largest absolute Gasteiger partial charge is 0.341 e. The van der Waals surface area contributed by atoms with Gasteiger partial charge in [-0.25, -0.2) is 0 Å². The molecule has 2 fully saturated rings. The summed E-state index contributed by atoms with van der Waals surface area (Å²) in [6.45, 7) is 0.734. The van der Waals surface area contributed by atoms with E-state index in [0.717, 1.165) is 29.8 Å². The fourth-order valence-electron chi connectivity index (χ4n) is 2.18. The maximum atomic E-state index is 12.0. The molecule has 0 bridgehead atoms. The molecule has 0 aliphatic heterocycles. The number of halogens is 1. The molecule has 4 heteroatoms. The minimum atomic E-state index is 0.108. The maximum absolute atomic E-state index is 12.0. The van der Waals surface area contributed by atoms with E-state index in [2.05, 4.69) is 26.7 Å². The number of fused-ring (bicyclic) bond motifs is 1. The van der Waals surface area contributed by atoms with Gasteiger partial charge in [-0.15, -0.1) is 0 Å². The van der Waals surface area contributed by atoms with Crippen molar-refractivity contribution in [3.05, 3.63) is 20.8 Å². The highest BCUT2D eigenvalue weighted by molar-refractivity contribution is 9.10. The normalized spacial score (nSPS) is 30.9.